The number of rotatable bonds is 4. The Balaban J connectivity index is 2.49. The molecule has 1 N–H and O–H groups in total. The molecule has 0 aliphatic carbocycles. The van der Waals surface area contributed by atoms with E-state index < -0.39 is 0 Å². The predicted molar refractivity (Wildman–Crippen MR) is 90.4 cm³/mol. The summed E-state index contributed by atoms with van der Waals surface area (Å²) in [5, 5.41) is 10.9. The molecule has 0 aliphatic rings. The Morgan fingerprint density at radius 1 is 1.00 bits per heavy atom. The molecule has 0 bridgehead atoms. The van der Waals surface area contributed by atoms with E-state index in [1.165, 1.54) is 11.6 Å². The molecule has 0 saturated carbocycles. The Labute approximate surface area is 130 Å². The van der Waals surface area contributed by atoms with Gasteiger partial charge in [0.25, 0.3) is 0 Å². The van der Waals surface area contributed by atoms with Crippen molar-refractivity contribution in [2.45, 2.75) is 40.5 Å². The second-order valence-electron chi connectivity index (χ2n) is 6.05. The molecule has 0 fully saturated rings. The first-order chi connectivity index (χ1) is 10.4. The first kappa shape index (κ1) is 16.1. The van der Waals surface area contributed by atoms with Gasteiger partial charge in [0, 0.05) is 17.0 Å². The van der Waals surface area contributed by atoms with Crippen LogP contribution in [-0.4, -0.2) is 5.11 Å². The highest BCUT2D eigenvalue weighted by atomic mass is 16.4. The van der Waals surface area contributed by atoms with Gasteiger partial charge in [-0.1, -0.05) is 23.3 Å². The zero-order valence-corrected chi connectivity index (χ0v) is 13.6. The molecule has 3 heteroatoms. The summed E-state index contributed by atoms with van der Waals surface area (Å²) in [5.41, 5.74) is 3.90. The number of hydrogen-bond donors (Lipinski definition) is 1. The van der Waals surface area contributed by atoms with Crippen molar-refractivity contribution in [2.75, 3.05) is 0 Å². The molecule has 0 amide bonds. The van der Waals surface area contributed by atoms with Gasteiger partial charge in [-0.05, 0) is 58.2 Å². The Morgan fingerprint density at radius 3 is 2.14 bits per heavy atom. The quantitative estimate of drug-likeness (QED) is 0.667. The molecule has 116 valence electrons. The Kier molecular flexibility index (Phi) is 4.86. The van der Waals surface area contributed by atoms with Crippen molar-refractivity contribution in [3.8, 4) is 5.75 Å². The molecule has 0 aliphatic heterocycles. The maximum atomic E-state index is 12.0. The second kappa shape index (κ2) is 6.65. The fourth-order valence-electron chi connectivity index (χ4n) is 2.18. The zero-order valence-electron chi connectivity index (χ0n) is 13.6. The highest BCUT2D eigenvalue weighted by molar-refractivity contribution is 5.80. The summed E-state index contributed by atoms with van der Waals surface area (Å²) in [5.74, 6) is 0.158. The minimum Gasteiger partial charge on any atom is -0.508 e. The average Bonchev–Trinajstić information content (AvgIpc) is 2.43. The van der Waals surface area contributed by atoms with Crippen LogP contribution in [0.25, 0.3) is 11.0 Å². The van der Waals surface area contributed by atoms with E-state index in [0.717, 1.165) is 16.5 Å². The van der Waals surface area contributed by atoms with E-state index in [4.69, 9.17) is 4.42 Å². The van der Waals surface area contributed by atoms with Crippen LogP contribution < -0.4 is 5.63 Å². The van der Waals surface area contributed by atoms with Gasteiger partial charge in [0.1, 0.15) is 11.3 Å². The van der Waals surface area contributed by atoms with Crippen molar-refractivity contribution in [1.82, 2.24) is 0 Å². The summed E-state index contributed by atoms with van der Waals surface area (Å²) in [4.78, 5) is 12.0. The maximum absolute atomic E-state index is 12.0. The van der Waals surface area contributed by atoms with Gasteiger partial charge in [0.15, 0.2) is 0 Å². The zero-order chi connectivity index (χ0) is 16.3. The molecule has 2 rings (SSSR count). The molecule has 0 saturated heterocycles. The van der Waals surface area contributed by atoms with Gasteiger partial charge >= 0.3 is 5.63 Å². The van der Waals surface area contributed by atoms with Crippen LogP contribution in [0.1, 0.15) is 38.8 Å². The van der Waals surface area contributed by atoms with E-state index >= 15 is 0 Å². The molecule has 0 spiro atoms. The molecule has 0 atom stereocenters. The molecular weight excluding hydrogens is 276 g/mol. The van der Waals surface area contributed by atoms with Crippen LogP contribution in [0.2, 0.25) is 0 Å². The van der Waals surface area contributed by atoms with Gasteiger partial charge < -0.3 is 9.52 Å². The fraction of sp³-hybridized carbons (Fsp3) is 0.316. The van der Waals surface area contributed by atoms with E-state index in [9.17, 15) is 9.90 Å². The number of fused-ring (bicyclic) bond motifs is 1. The summed E-state index contributed by atoms with van der Waals surface area (Å²) in [6.07, 6.45) is 5.28. The van der Waals surface area contributed by atoms with Crippen molar-refractivity contribution >= 4 is 11.0 Å². The van der Waals surface area contributed by atoms with Crippen molar-refractivity contribution in [3.05, 3.63) is 63.0 Å². The Hall–Kier alpha value is -2.29. The van der Waals surface area contributed by atoms with Crippen molar-refractivity contribution < 1.29 is 9.52 Å². The SMILES string of the molecule is CC(C)=CCc1cc2cc(CC=C(C)C)c(=O)oc2cc1O. The molecule has 1 aromatic carbocycles. The van der Waals surface area contributed by atoms with Gasteiger partial charge in [-0.2, -0.15) is 0 Å². The summed E-state index contributed by atoms with van der Waals surface area (Å²) in [7, 11) is 0. The molecule has 1 aromatic heterocycles. The van der Waals surface area contributed by atoms with Crippen LogP contribution in [0, 0.1) is 0 Å². The van der Waals surface area contributed by atoms with Crippen molar-refractivity contribution in [1.29, 1.82) is 0 Å². The molecule has 2 aromatic rings. The molecule has 0 unspecified atom stereocenters. The molecule has 0 radical (unpaired) electrons. The Morgan fingerprint density at radius 2 is 1.55 bits per heavy atom. The van der Waals surface area contributed by atoms with Gasteiger partial charge in [0.2, 0.25) is 0 Å². The van der Waals surface area contributed by atoms with Gasteiger partial charge in [-0.3, -0.25) is 0 Å². The predicted octanol–water partition coefficient (Wildman–Crippen LogP) is 4.52. The van der Waals surface area contributed by atoms with Gasteiger partial charge in [0.05, 0.1) is 0 Å². The van der Waals surface area contributed by atoms with Gasteiger partial charge in [-0.25, -0.2) is 4.79 Å². The van der Waals surface area contributed by atoms with Gasteiger partial charge in [-0.15, -0.1) is 0 Å². The largest absolute Gasteiger partial charge is 0.508 e. The second-order valence-corrected chi connectivity index (χ2v) is 6.05. The topological polar surface area (TPSA) is 50.4 Å². The van der Waals surface area contributed by atoms with Crippen LogP contribution in [0.4, 0.5) is 0 Å². The van der Waals surface area contributed by atoms with Crippen LogP contribution in [0.15, 0.2) is 50.7 Å². The maximum Gasteiger partial charge on any atom is 0.339 e. The Bertz CT molecular complexity index is 799. The lowest BCUT2D eigenvalue weighted by molar-refractivity contribution is 0.467. The average molecular weight is 298 g/mol. The smallest absolute Gasteiger partial charge is 0.339 e. The van der Waals surface area contributed by atoms with Crippen molar-refractivity contribution in [2.24, 2.45) is 0 Å². The van der Waals surface area contributed by atoms with E-state index in [1.807, 2.05) is 45.9 Å². The first-order valence-corrected chi connectivity index (χ1v) is 7.42. The standard InChI is InChI=1S/C19H22O3/c1-12(2)5-7-14-9-16-10-15(8-6-13(3)4)19(21)22-18(16)11-17(14)20/h5-6,9-11,20H,7-8H2,1-4H3. The van der Waals surface area contributed by atoms with Crippen LogP contribution >= 0.6 is 0 Å². The summed E-state index contributed by atoms with van der Waals surface area (Å²) < 4.78 is 5.33. The highest BCUT2D eigenvalue weighted by Crippen LogP contribution is 2.26. The summed E-state index contributed by atoms with van der Waals surface area (Å²) >= 11 is 0. The lowest BCUT2D eigenvalue weighted by atomic mass is 10.0. The lowest BCUT2D eigenvalue weighted by Crippen LogP contribution is -2.06. The lowest BCUT2D eigenvalue weighted by Gasteiger charge is -2.06. The number of phenols is 1. The molecule has 22 heavy (non-hydrogen) atoms. The van der Waals surface area contributed by atoms with Crippen LogP contribution in [-0.2, 0) is 12.8 Å². The number of aromatic hydroxyl groups is 1. The first-order valence-electron chi connectivity index (χ1n) is 7.42. The number of allylic oxidation sites excluding steroid dienone is 4. The van der Waals surface area contributed by atoms with E-state index in [0.29, 0.717) is 24.0 Å². The highest BCUT2D eigenvalue weighted by Gasteiger charge is 2.08. The van der Waals surface area contributed by atoms with Crippen LogP contribution in [0.5, 0.6) is 5.75 Å². The van der Waals surface area contributed by atoms with Crippen LogP contribution in [0.3, 0.4) is 0 Å². The number of benzene rings is 1. The molecular formula is C19H22O3. The monoisotopic (exact) mass is 298 g/mol. The number of phenolic OH excluding ortho intramolecular Hbond substituents is 1. The third kappa shape index (κ3) is 3.88. The van der Waals surface area contributed by atoms with E-state index in [-0.39, 0.29) is 11.4 Å². The minimum atomic E-state index is -0.346. The summed E-state index contributed by atoms with van der Waals surface area (Å²) in [6, 6.07) is 5.26. The fourth-order valence-corrected chi connectivity index (χ4v) is 2.18. The van der Waals surface area contributed by atoms with E-state index in [2.05, 4.69) is 6.08 Å². The third-order valence-electron chi connectivity index (χ3n) is 3.47. The molecule has 3 nitrogen and oxygen atoms in total. The third-order valence-corrected chi connectivity index (χ3v) is 3.47. The van der Waals surface area contributed by atoms with Crippen molar-refractivity contribution in [3.63, 3.8) is 0 Å². The molecule has 1 heterocycles. The number of hydrogen-bond acceptors (Lipinski definition) is 3. The normalized spacial score (nSPS) is 10.5. The summed E-state index contributed by atoms with van der Waals surface area (Å²) in [6.45, 7) is 8.04. The minimum absolute atomic E-state index is 0.158. The van der Waals surface area contributed by atoms with E-state index in [1.54, 1.807) is 0 Å².